The second kappa shape index (κ2) is 7.93. The summed E-state index contributed by atoms with van der Waals surface area (Å²) in [5.41, 5.74) is 12.9. The van der Waals surface area contributed by atoms with E-state index in [1.165, 1.54) is 23.0 Å². The number of pyridine rings is 1. The van der Waals surface area contributed by atoms with Gasteiger partial charge in [0.2, 0.25) is 5.88 Å². The molecule has 1 aromatic heterocycles. The van der Waals surface area contributed by atoms with Crippen LogP contribution in [0, 0.1) is 0 Å². The van der Waals surface area contributed by atoms with E-state index in [4.69, 9.17) is 19.8 Å². The lowest BCUT2D eigenvalue weighted by Gasteiger charge is -2.32. The van der Waals surface area contributed by atoms with Crippen LogP contribution in [0.1, 0.15) is 64.5 Å². The van der Waals surface area contributed by atoms with Gasteiger partial charge in [0, 0.05) is 29.9 Å². The van der Waals surface area contributed by atoms with Crippen LogP contribution in [0.4, 0.5) is 5.69 Å². The van der Waals surface area contributed by atoms with Crippen molar-refractivity contribution in [2.24, 2.45) is 0 Å². The molecule has 5 nitrogen and oxygen atoms in total. The summed E-state index contributed by atoms with van der Waals surface area (Å²) in [6, 6.07) is 8.38. The molecule has 0 saturated carbocycles. The molecule has 0 radical (unpaired) electrons. The highest BCUT2D eigenvalue weighted by Gasteiger charge is 2.52. The van der Waals surface area contributed by atoms with Gasteiger partial charge in [0.05, 0.1) is 11.2 Å². The molecule has 0 bridgehead atoms. The predicted molar refractivity (Wildman–Crippen MR) is 129 cm³/mol. The Kier molecular flexibility index (Phi) is 5.33. The third kappa shape index (κ3) is 3.84. The van der Waals surface area contributed by atoms with Gasteiger partial charge in [-0.1, -0.05) is 18.2 Å². The number of anilines is 1. The number of hydrogen-bond acceptors (Lipinski definition) is 5. The van der Waals surface area contributed by atoms with Crippen LogP contribution in [-0.4, -0.2) is 29.4 Å². The van der Waals surface area contributed by atoms with E-state index in [1.807, 2.05) is 18.3 Å². The second-order valence-electron chi connectivity index (χ2n) is 10.3. The molecule has 2 heterocycles. The minimum Gasteiger partial charge on any atom is -0.474 e. The number of allylic oxidation sites excluding steroid dienone is 1. The van der Waals surface area contributed by atoms with Gasteiger partial charge in [0.1, 0.15) is 6.10 Å². The quantitative estimate of drug-likeness (QED) is 0.524. The molecule has 1 fully saturated rings. The van der Waals surface area contributed by atoms with Crippen molar-refractivity contribution in [3.05, 3.63) is 53.1 Å². The van der Waals surface area contributed by atoms with Crippen molar-refractivity contribution in [1.82, 2.24) is 4.98 Å². The third-order valence-electron chi connectivity index (χ3n) is 7.61. The first-order valence-electron chi connectivity index (χ1n) is 11.8. The molecule has 1 atom stereocenters. The molecule has 0 amide bonds. The maximum absolute atomic E-state index is 6.52. The van der Waals surface area contributed by atoms with Crippen LogP contribution in [0.15, 0.2) is 42.0 Å². The van der Waals surface area contributed by atoms with Crippen molar-refractivity contribution < 1.29 is 14.0 Å². The normalized spacial score (nSPS) is 23.7. The fraction of sp³-hybridized carbons (Fsp3) is 0.500. The summed E-state index contributed by atoms with van der Waals surface area (Å²) in [7, 11) is -0.259. The summed E-state index contributed by atoms with van der Waals surface area (Å²) in [5.74, 6) is 0.653. The summed E-state index contributed by atoms with van der Waals surface area (Å²) in [4.78, 5) is 4.46. The summed E-state index contributed by atoms with van der Waals surface area (Å²) in [6.07, 6.45) is 10.2. The zero-order chi connectivity index (χ0) is 22.5. The number of nitrogens with two attached hydrogens (primary N) is 1. The molecule has 6 heteroatoms. The predicted octanol–water partition coefficient (Wildman–Crippen LogP) is 5.31. The first-order valence-corrected chi connectivity index (χ1v) is 11.8. The minimum absolute atomic E-state index is 0.0984. The number of ether oxygens (including phenoxy) is 1. The van der Waals surface area contributed by atoms with Crippen molar-refractivity contribution in [2.75, 3.05) is 5.73 Å². The van der Waals surface area contributed by atoms with Gasteiger partial charge in [-0.2, -0.15) is 0 Å². The van der Waals surface area contributed by atoms with Crippen molar-refractivity contribution in [3.63, 3.8) is 0 Å². The maximum atomic E-state index is 6.52. The van der Waals surface area contributed by atoms with Gasteiger partial charge < -0.3 is 19.8 Å². The van der Waals surface area contributed by atoms with Gasteiger partial charge in [0.25, 0.3) is 0 Å². The molecule has 2 aromatic rings. The average Bonchev–Trinajstić information content (AvgIpc) is 3.31. The zero-order valence-corrected chi connectivity index (χ0v) is 19.6. The fourth-order valence-corrected chi connectivity index (χ4v) is 4.90. The van der Waals surface area contributed by atoms with Crippen LogP contribution in [0.3, 0.4) is 0 Å². The van der Waals surface area contributed by atoms with E-state index in [2.05, 4.69) is 50.9 Å². The standard InChI is InChI=1S/C26H33BN2O3/c1-25(2)26(3,4)32-27(31-25)19-9-11-20(12-10-19)30-23-16-18(14-15-29-23)22-13-8-17-6-5-7-21(17)24(22)28/h8-9,13-16,20H,5-7,10-12,28H2,1-4H3. The summed E-state index contributed by atoms with van der Waals surface area (Å²) in [6.45, 7) is 8.37. The van der Waals surface area contributed by atoms with E-state index in [0.29, 0.717) is 5.88 Å². The van der Waals surface area contributed by atoms with Gasteiger partial charge in [-0.15, -0.1) is 0 Å². The first-order chi connectivity index (χ1) is 15.2. The number of aromatic nitrogens is 1. The molecule has 3 aliphatic rings. The molecule has 0 spiro atoms. The molecule has 1 saturated heterocycles. The van der Waals surface area contributed by atoms with Crippen LogP contribution >= 0.6 is 0 Å². The van der Waals surface area contributed by atoms with Crippen LogP contribution in [0.25, 0.3) is 11.1 Å². The molecule has 2 aliphatic carbocycles. The Bertz CT molecular complexity index is 1050. The number of fused-ring (bicyclic) bond motifs is 1. The number of nitrogen functional groups attached to an aromatic ring is 1. The number of aryl methyl sites for hydroxylation is 1. The van der Waals surface area contributed by atoms with Gasteiger partial charge >= 0.3 is 7.12 Å². The monoisotopic (exact) mass is 432 g/mol. The average molecular weight is 432 g/mol. The summed E-state index contributed by atoms with van der Waals surface area (Å²) < 4.78 is 18.7. The van der Waals surface area contributed by atoms with Gasteiger partial charge in [-0.25, -0.2) is 4.98 Å². The lowest BCUT2D eigenvalue weighted by atomic mass is 9.72. The molecule has 32 heavy (non-hydrogen) atoms. The molecular weight excluding hydrogens is 399 g/mol. The number of nitrogens with zero attached hydrogens (tertiary/aromatic N) is 1. The maximum Gasteiger partial charge on any atom is 0.490 e. The van der Waals surface area contributed by atoms with Crippen LogP contribution in [0.2, 0.25) is 0 Å². The Labute approximate surface area is 191 Å². The Morgan fingerprint density at radius 2 is 1.84 bits per heavy atom. The minimum atomic E-state index is -0.310. The topological polar surface area (TPSA) is 66.6 Å². The third-order valence-corrected chi connectivity index (χ3v) is 7.61. The van der Waals surface area contributed by atoms with Crippen molar-refractivity contribution in [1.29, 1.82) is 0 Å². The smallest absolute Gasteiger partial charge is 0.474 e. The van der Waals surface area contributed by atoms with Gasteiger partial charge in [-0.3, -0.25) is 0 Å². The van der Waals surface area contributed by atoms with E-state index in [9.17, 15) is 0 Å². The highest BCUT2D eigenvalue weighted by atomic mass is 16.7. The first kappa shape index (κ1) is 21.5. The van der Waals surface area contributed by atoms with Crippen molar-refractivity contribution in [3.8, 4) is 17.0 Å². The second-order valence-corrected chi connectivity index (χ2v) is 10.3. The van der Waals surface area contributed by atoms with E-state index in [0.717, 1.165) is 48.9 Å². The molecule has 1 unspecified atom stereocenters. The number of hydrogen-bond donors (Lipinski definition) is 1. The Balaban J connectivity index is 1.27. The molecule has 1 aromatic carbocycles. The van der Waals surface area contributed by atoms with Crippen LogP contribution < -0.4 is 10.5 Å². The molecule has 1 aliphatic heterocycles. The van der Waals surface area contributed by atoms with E-state index >= 15 is 0 Å². The van der Waals surface area contributed by atoms with E-state index < -0.39 is 0 Å². The highest BCUT2D eigenvalue weighted by molar-refractivity contribution is 6.54. The SMILES string of the molecule is CC1(C)OB(C2=CCC(Oc3cc(-c4ccc5c(c4N)CCC5)ccn3)CC2)OC1(C)C. The largest absolute Gasteiger partial charge is 0.490 e. The van der Waals surface area contributed by atoms with Crippen LogP contribution in [-0.2, 0) is 22.2 Å². The van der Waals surface area contributed by atoms with Gasteiger partial charge in [-0.05, 0) is 88.0 Å². The lowest BCUT2D eigenvalue weighted by molar-refractivity contribution is 0.00578. The molecule has 5 rings (SSSR count). The summed E-state index contributed by atoms with van der Waals surface area (Å²) in [5, 5.41) is 0. The van der Waals surface area contributed by atoms with Crippen molar-refractivity contribution in [2.45, 2.75) is 83.5 Å². The van der Waals surface area contributed by atoms with Gasteiger partial charge in [0.15, 0.2) is 0 Å². The highest BCUT2D eigenvalue weighted by Crippen LogP contribution is 2.40. The molecule has 2 N–H and O–H groups in total. The number of benzene rings is 1. The van der Waals surface area contributed by atoms with Crippen LogP contribution in [0.5, 0.6) is 5.88 Å². The Morgan fingerprint density at radius 3 is 2.56 bits per heavy atom. The Hall–Kier alpha value is -2.31. The Morgan fingerprint density at radius 1 is 1.06 bits per heavy atom. The molecular formula is C26H33BN2O3. The van der Waals surface area contributed by atoms with E-state index in [1.54, 1.807) is 0 Å². The fourth-order valence-electron chi connectivity index (χ4n) is 4.90. The zero-order valence-electron chi connectivity index (χ0n) is 19.6. The van der Waals surface area contributed by atoms with E-state index in [-0.39, 0.29) is 24.4 Å². The summed E-state index contributed by atoms with van der Waals surface area (Å²) >= 11 is 0. The number of rotatable bonds is 4. The van der Waals surface area contributed by atoms with Crippen molar-refractivity contribution >= 4 is 12.8 Å². The molecule has 168 valence electrons. The lowest BCUT2D eigenvalue weighted by Crippen LogP contribution is -2.41.